The summed E-state index contributed by atoms with van der Waals surface area (Å²) in [5.41, 5.74) is 0.560. The van der Waals surface area contributed by atoms with Gasteiger partial charge in [0.05, 0.1) is 15.5 Å². The summed E-state index contributed by atoms with van der Waals surface area (Å²) in [6, 6.07) is 8.81. The first-order valence-electron chi connectivity index (χ1n) is 6.19. The first-order valence-corrected chi connectivity index (χ1v) is 9.56. The van der Waals surface area contributed by atoms with Crippen molar-refractivity contribution in [1.29, 1.82) is 0 Å². The van der Waals surface area contributed by atoms with Crippen molar-refractivity contribution in [1.82, 2.24) is 0 Å². The third-order valence-electron chi connectivity index (χ3n) is 2.92. The maximum atomic E-state index is 13.3. The lowest BCUT2D eigenvalue weighted by Crippen LogP contribution is -2.15. The molecule has 0 aliphatic carbocycles. The fourth-order valence-electron chi connectivity index (χ4n) is 1.83. The van der Waals surface area contributed by atoms with E-state index in [-0.39, 0.29) is 15.5 Å². The molecule has 0 saturated heterocycles. The summed E-state index contributed by atoms with van der Waals surface area (Å²) in [5.74, 6) is -0.742. The highest BCUT2D eigenvalue weighted by molar-refractivity contribution is 7.93. The van der Waals surface area contributed by atoms with Gasteiger partial charge < -0.3 is 0 Å². The highest BCUT2D eigenvalue weighted by Gasteiger charge is 2.20. The number of anilines is 1. The molecule has 0 fully saturated rings. The molecule has 0 heterocycles. The van der Waals surface area contributed by atoms with E-state index < -0.39 is 25.7 Å². The van der Waals surface area contributed by atoms with Gasteiger partial charge in [-0.3, -0.25) is 4.72 Å². The van der Waals surface area contributed by atoms with Crippen LogP contribution in [0.4, 0.5) is 10.1 Å². The van der Waals surface area contributed by atoms with Crippen LogP contribution >= 0.6 is 0 Å². The molecular weight excluding hydrogens is 329 g/mol. The van der Waals surface area contributed by atoms with Crippen molar-refractivity contribution in [3.8, 4) is 0 Å². The van der Waals surface area contributed by atoms with Crippen LogP contribution in [0.1, 0.15) is 5.56 Å². The smallest absolute Gasteiger partial charge is 0.261 e. The van der Waals surface area contributed by atoms with Crippen molar-refractivity contribution >= 4 is 25.5 Å². The summed E-state index contributed by atoms with van der Waals surface area (Å²) in [5, 5.41) is 0. The average Bonchev–Trinajstić information content (AvgIpc) is 2.37. The first kappa shape index (κ1) is 16.4. The van der Waals surface area contributed by atoms with E-state index in [1.165, 1.54) is 12.1 Å². The molecule has 2 aromatic rings. The van der Waals surface area contributed by atoms with E-state index in [4.69, 9.17) is 0 Å². The van der Waals surface area contributed by atoms with E-state index in [1.54, 1.807) is 19.1 Å². The minimum atomic E-state index is -4.01. The second kappa shape index (κ2) is 5.69. The Bertz CT molecular complexity index is 904. The predicted octanol–water partition coefficient (Wildman–Crippen LogP) is 2.34. The number of sulfonamides is 1. The Morgan fingerprint density at radius 2 is 1.55 bits per heavy atom. The summed E-state index contributed by atoms with van der Waals surface area (Å²) in [6.07, 6.45) is 0.921. The lowest BCUT2D eigenvalue weighted by atomic mass is 10.2. The Hall–Kier alpha value is -1.93. The Kier molecular flexibility index (Phi) is 4.25. The number of aryl methyl sites for hydroxylation is 1. The van der Waals surface area contributed by atoms with Crippen LogP contribution in [-0.4, -0.2) is 23.1 Å². The number of halogens is 1. The third kappa shape index (κ3) is 3.63. The van der Waals surface area contributed by atoms with Crippen molar-refractivity contribution in [2.45, 2.75) is 16.7 Å². The fourth-order valence-corrected chi connectivity index (χ4v) is 3.79. The molecule has 1 N–H and O–H groups in total. The van der Waals surface area contributed by atoms with E-state index in [1.807, 2.05) is 0 Å². The van der Waals surface area contributed by atoms with Crippen molar-refractivity contribution in [3.05, 3.63) is 53.8 Å². The van der Waals surface area contributed by atoms with Gasteiger partial charge in [0.1, 0.15) is 5.82 Å². The van der Waals surface area contributed by atoms with Crippen LogP contribution in [0.2, 0.25) is 0 Å². The Morgan fingerprint density at radius 3 is 2.09 bits per heavy atom. The zero-order chi connectivity index (χ0) is 16.5. The molecule has 0 radical (unpaired) electrons. The van der Waals surface area contributed by atoms with Gasteiger partial charge in [-0.25, -0.2) is 21.2 Å². The van der Waals surface area contributed by atoms with Crippen LogP contribution < -0.4 is 4.72 Å². The molecule has 8 heteroatoms. The first-order chi connectivity index (χ1) is 10.1. The van der Waals surface area contributed by atoms with E-state index in [0.717, 1.165) is 30.0 Å². The van der Waals surface area contributed by atoms with E-state index in [2.05, 4.69) is 4.72 Å². The molecular formula is C14H14FNO4S2. The topological polar surface area (TPSA) is 80.3 Å². The Balaban J connectivity index is 2.50. The lowest BCUT2D eigenvalue weighted by Gasteiger charge is -2.12. The van der Waals surface area contributed by atoms with Gasteiger partial charge in [0, 0.05) is 6.26 Å². The molecule has 2 aromatic carbocycles. The second-order valence-corrected chi connectivity index (χ2v) is 8.50. The van der Waals surface area contributed by atoms with Gasteiger partial charge in [0.25, 0.3) is 10.0 Å². The van der Waals surface area contributed by atoms with Crippen molar-refractivity contribution < 1.29 is 21.2 Å². The summed E-state index contributed by atoms with van der Waals surface area (Å²) < 4.78 is 63.4. The number of hydrogen-bond donors (Lipinski definition) is 1. The molecule has 22 heavy (non-hydrogen) atoms. The van der Waals surface area contributed by atoms with Crippen LogP contribution in [0.15, 0.2) is 52.3 Å². The highest BCUT2D eigenvalue weighted by Crippen LogP contribution is 2.25. The molecule has 0 amide bonds. The highest BCUT2D eigenvalue weighted by atomic mass is 32.2. The molecule has 0 bridgehead atoms. The Morgan fingerprint density at radius 1 is 0.955 bits per heavy atom. The minimum absolute atomic E-state index is 0.0400. The molecule has 2 rings (SSSR count). The summed E-state index contributed by atoms with van der Waals surface area (Å²) in [7, 11) is -7.72. The normalized spacial score (nSPS) is 12.1. The van der Waals surface area contributed by atoms with Gasteiger partial charge in [-0.15, -0.1) is 0 Å². The average molecular weight is 343 g/mol. The monoisotopic (exact) mass is 343 g/mol. The van der Waals surface area contributed by atoms with Gasteiger partial charge >= 0.3 is 0 Å². The number of rotatable bonds is 4. The van der Waals surface area contributed by atoms with Gasteiger partial charge in [0.15, 0.2) is 9.84 Å². The van der Waals surface area contributed by atoms with Crippen molar-refractivity contribution in [3.63, 3.8) is 0 Å². The van der Waals surface area contributed by atoms with Crippen molar-refractivity contribution in [2.24, 2.45) is 0 Å². The molecule has 0 saturated carbocycles. The van der Waals surface area contributed by atoms with Gasteiger partial charge in [-0.05, 0) is 37.3 Å². The quantitative estimate of drug-likeness (QED) is 0.864. The molecule has 0 aliphatic heterocycles. The fraction of sp³-hybridized carbons (Fsp3) is 0.143. The Labute approximate surface area is 128 Å². The molecule has 0 spiro atoms. The number of hydrogen-bond acceptors (Lipinski definition) is 4. The lowest BCUT2D eigenvalue weighted by molar-refractivity contribution is 0.600. The SMILES string of the molecule is Cc1ccc(S(=O)(=O)Nc2cc(F)ccc2S(C)(=O)=O)cc1. The summed E-state index contributed by atoms with van der Waals surface area (Å²) in [6.45, 7) is 1.80. The van der Waals surface area contributed by atoms with Gasteiger partial charge in [-0.2, -0.15) is 0 Å². The number of nitrogens with one attached hydrogen (secondary N) is 1. The van der Waals surface area contributed by atoms with Crippen LogP contribution in [-0.2, 0) is 19.9 Å². The standard InChI is InChI=1S/C14H14FNO4S2/c1-10-3-6-12(7-4-10)22(19,20)16-13-9-11(15)5-8-14(13)21(2,17)18/h3-9,16H,1-2H3. The van der Waals surface area contributed by atoms with Crippen LogP contribution in [0.25, 0.3) is 0 Å². The number of sulfone groups is 1. The summed E-state index contributed by atoms with van der Waals surface area (Å²) >= 11 is 0. The van der Waals surface area contributed by atoms with Gasteiger partial charge in [-0.1, -0.05) is 17.7 Å². The zero-order valence-corrected chi connectivity index (χ0v) is 13.5. The molecule has 5 nitrogen and oxygen atoms in total. The van der Waals surface area contributed by atoms with E-state index in [9.17, 15) is 21.2 Å². The second-order valence-electron chi connectivity index (χ2n) is 4.83. The van der Waals surface area contributed by atoms with Crippen LogP contribution in [0.5, 0.6) is 0 Å². The minimum Gasteiger partial charge on any atom is -0.278 e. The molecule has 118 valence electrons. The van der Waals surface area contributed by atoms with Gasteiger partial charge in [0.2, 0.25) is 0 Å². The largest absolute Gasteiger partial charge is 0.278 e. The summed E-state index contributed by atoms with van der Waals surface area (Å²) in [4.78, 5) is -0.327. The molecule has 0 aromatic heterocycles. The molecule has 0 unspecified atom stereocenters. The van der Waals surface area contributed by atoms with Crippen LogP contribution in [0, 0.1) is 12.7 Å². The predicted molar refractivity (Wildman–Crippen MR) is 81.5 cm³/mol. The molecule has 0 aliphatic rings. The van der Waals surface area contributed by atoms with Crippen LogP contribution in [0.3, 0.4) is 0 Å². The maximum absolute atomic E-state index is 13.3. The maximum Gasteiger partial charge on any atom is 0.261 e. The van der Waals surface area contributed by atoms with E-state index in [0.29, 0.717) is 0 Å². The third-order valence-corrected chi connectivity index (χ3v) is 5.45. The van der Waals surface area contributed by atoms with Crippen molar-refractivity contribution in [2.75, 3.05) is 11.0 Å². The number of benzene rings is 2. The zero-order valence-electron chi connectivity index (χ0n) is 11.9. The molecule has 0 atom stereocenters. The van der Waals surface area contributed by atoms with E-state index >= 15 is 0 Å².